The Morgan fingerprint density at radius 2 is 2.14 bits per heavy atom. The summed E-state index contributed by atoms with van der Waals surface area (Å²) in [7, 11) is 1.61. The first-order valence-corrected chi connectivity index (χ1v) is 9.24. The third-order valence-corrected chi connectivity index (χ3v) is 5.48. The highest BCUT2D eigenvalue weighted by Crippen LogP contribution is 2.41. The van der Waals surface area contributed by atoms with Crippen molar-refractivity contribution >= 4 is 11.8 Å². The van der Waals surface area contributed by atoms with Crippen LogP contribution in [0.2, 0.25) is 0 Å². The number of nitrogens with zero attached hydrogens (tertiary/aromatic N) is 5. The summed E-state index contributed by atoms with van der Waals surface area (Å²) in [6.07, 6.45) is 0. The molecule has 2 fully saturated rings. The summed E-state index contributed by atoms with van der Waals surface area (Å²) in [5.74, 6) is 0.476. The molecule has 4 rings (SSSR count). The number of likely N-dealkylation sites (N-methyl/N-ethyl adjacent to an activating group) is 1. The Bertz CT molecular complexity index is 856. The van der Waals surface area contributed by atoms with E-state index in [2.05, 4.69) is 26.2 Å². The van der Waals surface area contributed by atoms with E-state index in [9.17, 15) is 9.59 Å². The molecular weight excluding hydrogens is 362 g/mol. The number of nitrogens with one attached hydrogen (secondary N) is 2. The lowest BCUT2D eigenvalue weighted by Crippen LogP contribution is -2.47. The van der Waals surface area contributed by atoms with Gasteiger partial charge in [0.15, 0.2) is 5.82 Å². The number of hydrogen-bond acceptors (Lipinski definition) is 7. The molecule has 3 heterocycles. The lowest BCUT2D eigenvalue weighted by Gasteiger charge is -2.25. The van der Waals surface area contributed by atoms with Crippen molar-refractivity contribution < 1.29 is 14.3 Å². The Kier molecular flexibility index (Phi) is 5.05. The normalized spacial score (nSPS) is 24.1. The molecule has 0 saturated carbocycles. The van der Waals surface area contributed by atoms with Crippen molar-refractivity contribution in [2.24, 2.45) is 11.3 Å². The number of ether oxygens (including phenoxy) is 1. The number of para-hydroxylation sites is 1. The second-order valence-electron chi connectivity index (χ2n) is 7.24. The zero-order valence-corrected chi connectivity index (χ0v) is 15.7. The summed E-state index contributed by atoms with van der Waals surface area (Å²) in [5, 5.41) is 17.4. The van der Waals surface area contributed by atoms with Crippen molar-refractivity contribution in [1.82, 2.24) is 35.7 Å². The molecule has 0 aliphatic carbocycles. The average molecular weight is 385 g/mol. The van der Waals surface area contributed by atoms with E-state index >= 15 is 0 Å². The van der Waals surface area contributed by atoms with Gasteiger partial charge in [0.2, 0.25) is 11.8 Å². The fraction of sp³-hybridized carbons (Fsp3) is 0.500. The Balaban J connectivity index is 1.44. The average Bonchev–Trinajstić information content (AvgIpc) is 3.41. The summed E-state index contributed by atoms with van der Waals surface area (Å²) in [5.41, 5.74) is 0.189. The van der Waals surface area contributed by atoms with E-state index in [0.717, 1.165) is 5.69 Å². The molecule has 148 valence electrons. The van der Waals surface area contributed by atoms with Crippen LogP contribution in [0.25, 0.3) is 5.69 Å². The van der Waals surface area contributed by atoms with E-state index in [1.807, 2.05) is 35.2 Å². The van der Waals surface area contributed by atoms with Crippen LogP contribution in [-0.4, -0.2) is 76.8 Å². The molecule has 2 aliphatic heterocycles. The van der Waals surface area contributed by atoms with Gasteiger partial charge in [-0.2, -0.15) is 4.68 Å². The summed E-state index contributed by atoms with van der Waals surface area (Å²) < 4.78 is 7.22. The molecule has 10 heteroatoms. The number of rotatable bonds is 6. The number of amides is 2. The lowest BCUT2D eigenvalue weighted by atomic mass is 9.80. The molecule has 0 unspecified atom stereocenters. The number of carbonyl (C=O) groups excluding carboxylic acids is 2. The standard InChI is InChI=1S/C18H23N7O3/c1-19-16(26)9-24-8-13-10-28-12-18(13,11-24)17(27)20-7-15-21-22-23-25(15)14-5-3-2-4-6-14/h2-6,13H,7-12H2,1H3,(H,19,26)(H,20,27)/t13-,18-/m1/s1. The van der Waals surface area contributed by atoms with E-state index in [-0.39, 0.29) is 30.8 Å². The molecule has 2 saturated heterocycles. The topological polar surface area (TPSA) is 114 Å². The van der Waals surface area contributed by atoms with Crippen molar-refractivity contribution in [3.8, 4) is 5.69 Å². The smallest absolute Gasteiger partial charge is 0.233 e. The van der Waals surface area contributed by atoms with E-state index in [1.54, 1.807) is 11.7 Å². The highest BCUT2D eigenvalue weighted by molar-refractivity contribution is 5.84. The van der Waals surface area contributed by atoms with Crippen LogP contribution >= 0.6 is 0 Å². The van der Waals surface area contributed by atoms with Crippen molar-refractivity contribution in [1.29, 1.82) is 0 Å². The molecule has 1 aromatic carbocycles. The third kappa shape index (κ3) is 3.36. The van der Waals surface area contributed by atoms with Crippen molar-refractivity contribution in [2.45, 2.75) is 6.54 Å². The van der Waals surface area contributed by atoms with E-state index in [4.69, 9.17) is 4.74 Å². The van der Waals surface area contributed by atoms with Crippen LogP contribution in [-0.2, 0) is 20.9 Å². The molecule has 0 radical (unpaired) electrons. The van der Waals surface area contributed by atoms with Gasteiger partial charge in [-0.25, -0.2) is 0 Å². The van der Waals surface area contributed by atoms with Crippen LogP contribution in [0.3, 0.4) is 0 Å². The van der Waals surface area contributed by atoms with Crippen LogP contribution in [0.4, 0.5) is 0 Å². The van der Waals surface area contributed by atoms with Gasteiger partial charge in [0.05, 0.1) is 37.4 Å². The second kappa shape index (κ2) is 7.64. The van der Waals surface area contributed by atoms with Gasteiger partial charge in [-0.15, -0.1) is 5.10 Å². The SMILES string of the molecule is CNC(=O)CN1C[C@@H]2COC[C@]2(C(=O)NCc2nnnn2-c2ccccc2)C1. The zero-order chi connectivity index (χ0) is 19.6. The number of likely N-dealkylation sites (tertiary alicyclic amines) is 1. The minimum absolute atomic E-state index is 0.0570. The predicted octanol–water partition coefficient (Wildman–Crippen LogP) is -1.03. The van der Waals surface area contributed by atoms with Crippen molar-refractivity contribution in [3.05, 3.63) is 36.2 Å². The second-order valence-corrected chi connectivity index (χ2v) is 7.24. The fourth-order valence-corrected chi connectivity index (χ4v) is 3.98. The first kappa shape index (κ1) is 18.5. The van der Waals surface area contributed by atoms with Crippen molar-refractivity contribution in [3.63, 3.8) is 0 Å². The fourth-order valence-electron chi connectivity index (χ4n) is 3.98. The van der Waals surface area contributed by atoms with Gasteiger partial charge in [0.1, 0.15) is 0 Å². The van der Waals surface area contributed by atoms with Gasteiger partial charge in [-0.05, 0) is 22.6 Å². The number of fused-ring (bicyclic) bond motifs is 1. The van der Waals surface area contributed by atoms with Crippen LogP contribution in [0, 0.1) is 11.3 Å². The Morgan fingerprint density at radius 1 is 1.32 bits per heavy atom. The zero-order valence-electron chi connectivity index (χ0n) is 15.7. The Labute approximate surface area is 162 Å². The Hall–Kier alpha value is -2.85. The molecular formula is C18H23N7O3. The van der Waals surface area contributed by atoms with E-state index < -0.39 is 5.41 Å². The van der Waals surface area contributed by atoms with Crippen molar-refractivity contribution in [2.75, 3.05) is 39.9 Å². The molecule has 1 aromatic heterocycles. The van der Waals surface area contributed by atoms with Crippen LogP contribution in [0.1, 0.15) is 5.82 Å². The largest absolute Gasteiger partial charge is 0.380 e. The predicted molar refractivity (Wildman–Crippen MR) is 98.2 cm³/mol. The first-order chi connectivity index (χ1) is 13.6. The molecule has 2 amide bonds. The van der Waals surface area contributed by atoms with E-state index in [0.29, 0.717) is 32.1 Å². The quantitative estimate of drug-likeness (QED) is 0.654. The van der Waals surface area contributed by atoms with Gasteiger partial charge in [-0.3, -0.25) is 14.5 Å². The summed E-state index contributed by atoms with van der Waals surface area (Å²) >= 11 is 0. The molecule has 2 aliphatic rings. The van der Waals surface area contributed by atoms with Gasteiger partial charge in [0, 0.05) is 26.1 Å². The minimum atomic E-state index is -0.640. The monoisotopic (exact) mass is 385 g/mol. The number of aromatic nitrogens is 4. The first-order valence-electron chi connectivity index (χ1n) is 9.24. The van der Waals surface area contributed by atoms with Crippen LogP contribution in [0.5, 0.6) is 0 Å². The molecule has 10 nitrogen and oxygen atoms in total. The third-order valence-electron chi connectivity index (χ3n) is 5.48. The maximum Gasteiger partial charge on any atom is 0.233 e. The maximum absolute atomic E-state index is 13.1. The molecule has 0 spiro atoms. The number of hydrogen-bond donors (Lipinski definition) is 2. The van der Waals surface area contributed by atoms with E-state index in [1.165, 1.54) is 0 Å². The molecule has 2 N–H and O–H groups in total. The molecule has 0 bridgehead atoms. The summed E-state index contributed by atoms with van der Waals surface area (Å²) in [6, 6.07) is 9.51. The van der Waals surface area contributed by atoms with Crippen LogP contribution in [0.15, 0.2) is 30.3 Å². The highest BCUT2D eigenvalue weighted by Gasteiger charge is 2.55. The maximum atomic E-state index is 13.1. The molecule has 2 aromatic rings. The van der Waals surface area contributed by atoms with Crippen LogP contribution < -0.4 is 10.6 Å². The van der Waals surface area contributed by atoms with Gasteiger partial charge >= 0.3 is 0 Å². The summed E-state index contributed by atoms with van der Waals surface area (Å²) in [4.78, 5) is 26.8. The van der Waals surface area contributed by atoms with Gasteiger partial charge in [0.25, 0.3) is 0 Å². The summed E-state index contributed by atoms with van der Waals surface area (Å²) in [6.45, 7) is 2.55. The van der Waals surface area contributed by atoms with Gasteiger partial charge < -0.3 is 15.4 Å². The Morgan fingerprint density at radius 3 is 2.93 bits per heavy atom. The van der Waals surface area contributed by atoms with Gasteiger partial charge in [-0.1, -0.05) is 18.2 Å². The number of carbonyl (C=O) groups is 2. The highest BCUT2D eigenvalue weighted by atomic mass is 16.5. The lowest BCUT2D eigenvalue weighted by molar-refractivity contribution is -0.132. The molecule has 28 heavy (non-hydrogen) atoms. The minimum Gasteiger partial charge on any atom is -0.380 e. The number of tetrazole rings is 1. The molecule has 2 atom stereocenters. The number of benzene rings is 1.